The van der Waals surface area contributed by atoms with Crippen LogP contribution in [0.2, 0.25) is 0 Å². The summed E-state index contributed by atoms with van der Waals surface area (Å²) in [5, 5.41) is 120. The quantitative estimate of drug-likeness (QED) is 0.0798. The highest BCUT2D eigenvalue weighted by Crippen LogP contribution is 2.39. The maximum Gasteiger partial charge on any atom is 0.189 e. The van der Waals surface area contributed by atoms with Crippen molar-refractivity contribution in [2.24, 2.45) is 0 Å². The van der Waals surface area contributed by atoms with Gasteiger partial charge in [0.25, 0.3) is 0 Å². The van der Waals surface area contributed by atoms with E-state index in [2.05, 4.69) is 19.7 Å². The third-order valence-electron chi connectivity index (χ3n) is 13.9. The number of fused-ring (bicyclic) bond motifs is 2. The van der Waals surface area contributed by atoms with E-state index in [1.165, 1.54) is 0 Å². The van der Waals surface area contributed by atoms with Crippen LogP contribution < -0.4 is 0 Å². The molecule has 6 aliphatic heterocycles. The lowest BCUT2D eigenvalue weighted by Gasteiger charge is -2.49. The van der Waals surface area contributed by atoms with Crippen LogP contribution in [-0.2, 0) is 56.8 Å². The van der Waals surface area contributed by atoms with Crippen molar-refractivity contribution in [3.05, 3.63) is 126 Å². The second-order valence-corrected chi connectivity index (χ2v) is 19.1. The summed E-state index contributed by atoms with van der Waals surface area (Å²) < 4.78 is 67.3. The molecular weight excluding hydrogens is 1040 g/mol. The van der Waals surface area contributed by atoms with Crippen molar-refractivity contribution >= 4 is 18.2 Å². The monoisotopic (exact) mass is 1120 g/mol. The number of aliphatic hydroxyl groups excluding tert-OH is 12. The molecule has 12 N–H and O–H groups in total. The zero-order valence-electron chi connectivity index (χ0n) is 43.6. The first-order valence-electron chi connectivity index (χ1n) is 25.9. The van der Waals surface area contributed by atoms with Gasteiger partial charge in [-0.25, -0.2) is 0 Å². The molecule has 0 saturated carbocycles. The van der Waals surface area contributed by atoms with Gasteiger partial charge in [-0.2, -0.15) is 0 Å². The van der Waals surface area contributed by atoms with Gasteiger partial charge in [0.1, 0.15) is 97.7 Å². The number of hydrogen-bond acceptors (Lipinski definition) is 24. The van der Waals surface area contributed by atoms with Crippen LogP contribution in [0.25, 0.3) is 18.2 Å². The average Bonchev–Trinajstić information content (AvgIpc) is 3.50. The molecule has 9 rings (SSSR count). The smallest absolute Gasteiger partial charge is 0.189 e. The lowest BCUT2D eigenvalue weighted by atomic mass is 9.96. The van der Waals surface area contributed by atoms with Crippen LogP contribution in [0, 0.1) is 0 Å². The Kier molecular flexibility index (Phi) is 23.1. The second kappa shape index (κ2) is 29.3. The van der Waals surface area contributed by atoms with Gasteiger partial charge in [0.15, 0.2) is 44.0 Å². The first-order valence-corrected chi connectivity index (χ1v) is 25.9. The molecule has 0 aromatic heterocycles. The number of aliphatic hydroxyl groups is 12. The molecule has 6 fully saturated rings. The van der Waals surface area contributed by atoms with Crippen molar-refractivity contribution in [1.82, 2.24) is 0 Å². The highest BCUT2D eigenvalue weighted by molar-refractivity contribution is 5.48. The largest absolute Gasteiger partial charge is 0.394 e. The number of rotatable bonds is 16. The van der Waals surface area contributed by atoms with Gasteiger partial charge in [-0.1, -0.05) is 111 Å². The Balaban J connectivity index is 0.000000199. The van der Waals surface area contributed by atoms with Gasteiger partial charge in [0, 0.05) is 29.9 Å². The molecule has 0 amide bonds. The fourth-order valence-corrected chi connectivity index (χ4v) is 9.25. The minimum atomic E-state index is -1.72. The third kappa shape index (κ3) is 15.0. The normalized spacial score (nSPS) is 38.2. The zero-order valence-corrected chi connectivity index (χ0v) is 43.6. The van der Waals surface area contributed by atoms with Gasteiger partial charge < -0.3 is 118 Å². The Hall–Kier alpha value is -4.08. The molecule has 0 bridgehead atoms. The zero-order chi connectivity index (χ0) is 57.1. The van der Waals surface area contributed by atoms with E-state index in [0.717, 1.165) is 33.4 Å². The Morgan fingerprint density at radius 1 is 0.443 bits per heavy atom. The Labute approximate surface area is 456 Å². The molecule has 24 heteroatoms. The summed E-state index contributed by atoms with van der Waals surface area (Å²) >= 11 is 0. The van der Waals surface area contributed by atoms with E-state index in [1.807, 2.05) is 92.7 Å². The maximum absolute atomic E-state index is 10.9. The number of benzene rings is 3. The van der Waals surface area contributed by atoms with Gasteiger partial charge in [0.05, 0.1) is 26.4 Å². The highest BCUT2D eigenvalue weighted by Gasteiger charge is 2.54. The Morgan fingerprint density at radius 3 is 1.10 bits per heavy atom. The van der Waals surface area contributed by atoms with E-state index >= 15 is 0 Å². The molecule has 3 aromatic rings. The summed E-state index contributed by atoms with van der Waals surface area (Å²) in [5.74, 6) is 0. The number of hydrogen-bond donors (Lipinski definition) is 12. The van der Waals surface area contributed by atoms with Gasteiger partial charge >= 0.3 is 0 Å². The van der Waals surface area contributed by atoms with Crippen molar-refractivity contribution in [3.8, 4) is 0 Å². The molecule has 2 unspecified atom stereocenters. The van der Waals surface area contributed by atoms with E-state index in [-0.39, 0.29) is 19.5 Å². The van der Waals surface area contributed by atoms with E-state index in [4.69, 9.17) is 67.1 Å². The molecule has 6 aliphatic rings. The first-order chi connectivity index (χ1) is 38.0. The van der Waals surface area contributed by atoms with E-state index in [0.29, 0.717) is 13.2 Å². The van der Waals surface area contributed by atoms with Gasteiger partial charge in [-0.05, 0) is 30.5 Å². The maximum atomic E-state index is 10.9. The molecule has 6 heterocycles. The summed E-state index contributed by atoms with van der Waals surface area (Å²) in [4.78, 5) is 0. The summed E-state index contributed by atoms with van der Waals surface area (Å²) in [7, 11) is 0. The molecule has 438 valence electrons. The summed E-state index contributed by atoms with van der Waals surface area (Å²) in [5.41, 5.74) is 5.50. The van der Waals surface area contributed by atoms with Gasteiger partial charge in [-0.15, -0.1) is 0 Å². The molecule has 6 saturated heterocycles. The van der Waals surface area contributed by atoms with E-state index in [1.54, 1.807) is 12.2 Å². The van der Waals surface area contributed by atoms with Crippen molar-refractivity contribution < 1.29 is 118 Å². The predicted molar refractivity (Wildman–Crippen MR) is 274 cm³/mol. The Morgan fingerprint density at radius 2 is 0.772 bits per heavy atom. The lowest BCUT2D eigenvalue weighted by Crippen LogP contribution is -2.66. The fraction of sp³-hybridized carbons (Fsp3) is 0.564. The average molecular weight is 1120 g/mol. The fourth-order valence-electron chi connectivity index (χ4n) is 9.25. The predicted octanol–water partition coefficient (Wildman–Crippen LogP) is -0.585. The molecule has 3 aromatic carbocycles. The van der Waals surface area contributed by atoms with Crippen LogP contribution in [0.5, 0.6) is 0 Å². The first kappa shape index (κ1) is 62.5. The van der Waals surface area contributed by atoms with Crippen molar-refractivity contribution in [1.29, 1.82) is 0 Å². The minimum Gasteiger partial charge on any atom is -0.394 e. The Bertz CT molecular complexity index is 2190. The molecular formula is C55H74O24. The standard InChI is InChI=1S/C30H34O11.C13H18O2.C12H22O11/c1-3-15-5-9-17(10-6-15)27-35-13-19-25(39-27)21(31)23(33)29(37-19)41-30-24(34)22(32)26-20(38-30)14-36-28(40-26)18-11-7-16(4-2)8-12-18;1-4-11-7-9-12(10-8-11)13(14-5-2)15-6-3;13-1-3-5(15)7(17)9(19)11(21-3)23-12-10(20)8(18)6(16)4(2-14)22-12/h3-12,19-34H,1-2,13-14H2;4,7-10,13H,1,5-6H2,2-3H3;3-20H,1-2H2/t19-,20-,21-,22-,23-,24-,25-,26-,27?,28?,29-,30-;;3-,4-,5-,6-,7+,8+,9-,10-,11-,12-/m1.1/s1. The number of ether oxygens (including phenoxy) is 12. The summed E-state index contributed by atoms with van der Waals surface area (Å²) in [6.07, 6.45) is -24.1. The van der Waals surface area contributed by atoms with Crippen molar-refractivity contribution in [3.63, 3.8) is 0 Å². The molecule has 0 radical (unpaired) electrons. The van der Waals surface area contributed by atoms with Crippen molar-refractivity contribution in [2.45, 2.75) is 156 Å². The summed E-state index contributed by atoms with van der Waals surface area (Å²) in [6.45, 7) is 15.2. The molecule has 24 nitrogen and oxygen atoms in total. The van der Waals surface area contributed by atoms with Crippen LogP contribution >= 0.6 is 0 Å². The molecule has 22 atom stereocenters. The SMILES string of the molecule is C=Cc1ccc(C(OCC)OCC)cc1.C=Cc1ccc(C2OC[C@H]3O[C@H](O[C@H]4O[C@@H]5COC(c6ccc(C=C)cc6)O[C@H]5[C@H](O)[C@H]4O)[C@H](O)[C@@H](O)[C@@H]3O2)cc1.OC[C@H]1O[C@H](O[C@H]2O[C@H](CO)[C@@H](O)[C@H](O)[C@H]2O)[C@H](O)[C@@H](O)[C@@H]1O. The van der Waals surface area contributed by atoms with Crippen LogP contribution in [0.1, 0.15) is 66.1 Å². The van der Waals surface area contributed by atoms with Crippen molar-refractivity contribution in [2.75, 3.05) is 39.6 Å². The second-order valence-electron chi connectivity index (χ2n) is 19.1. The van der Waals surface area contributed by atoms with Gasteiger partial charge in [0.2, 0.25) is 0 Å². The van der Waals surface area contributed by atoms with E-state index < -0.39 is 149 Å². The molecule has 79 heavy (non-hydrogen) atoms. The van der Waals surface area contributed by atoms with Crippen LogP contribution in [0.3, 0.4) is 0 Å². The van der Waals surface area contributed by atoms with Crippen LogP contribution in [0.4, 0.5) is 0 Å². The lowest BCUT2D eigenvalue weighted by molar-refractivity contribution is -0.412. The molecule has 0 spiro atoms. The van der Waals surface area contributed by atoms with Crippen LogP contribution in [0.15, 0.2) is 92.5 Å². The highest BCUT2D eigenvalue weighted by atomic mass is 16.8. The topological polar surface area (TPSA) is 354 Å². The molecule has 0 aliphatic carbocycles. The van der Waals surface area contributed by atoms with Gasteiger partial charge in [-0.3, -0.25) is 0 Å². The summed E-state index contributed by atoms with van der Waals surface area (Å²) in [6, 6.07) is 22.8. The minimum absolute atomic E-state index is 0.0560. The van der Waals surface area contributed by atoms with Crippen LogP contribution in [-0.4, -0.2) is 224 Å². The third-order valence-corrected chi connectivity index (χ3v) is 13.9. The van der Waals surface area contributed by atoms with E-state index in [9.17, 15) is 51.1 Å².